The van der Waals surface area contributed by atoms with Gasteiger partial charge in [0, 0.05) is 18.2 Å². The molecule has 0 bridgehead atoms. The molecule has 142 valence electrons. The van der Waals surface area contributed by atoms with Gasteiger partial charge in [-0.2, -0.15) is 0 Å². The first-order valence-electron chi connectivity index (χ1n) is 8.48. The van der Waals surface area contributed by atoms with E-state index in [4.69, 9.17) is 4.74 Å². The lowest BCUT2D eigenvalue weighted by molar-refractivity contribution is -0.117. The Bertz CT molecular complexity index is 552. The Morgan fingerprint density at radius 2 is 2.20 bits per heavy atom. The summed E-state index contributed by atoms with van der Waals surface area (Å²) in [6, 6.07) is 5.11. The zero-order valence-corrected chi connectivity index (χ0v) is 15.5. The molecule has 0 aliphatic carbocycles. The highest BCUT2D eigenvalue weighted by Crippen LogP contribution is 2.25. The molecule has 1 aliphatic heterocycles. The van der Waals surface area contributed by atoms with Gasteiger partial charge in [-0.05, 0) is 56.3 Å². The summed E-state index contributed by atoms with van der Waals surface area (Å²) in [7, 11) is 0. The summed E-state index contributed by atoms with van der Waals surface area (Å²) in [4.78, 5) is 12.2. The van der Waals surface area contributed by atoms with Crippen molar-refractivity contribution in [3.05, 3.63) is 23.8 Å². The molecule has 4 nitrogen and oxygen atoms in total. The van der Waals surface area contributed by atoms with Crippen molar-refractivity contribution in [3.63, 3.8) is 0 Å². The van der Waals surface area contributed by atoms with Gasteiger partial charge in [0.25, 0.3) is 6.43 Å². The van der Waals surface area contributed by atoms with Crippen molar-refractivity contribution in [2.45, 2.75) is 39.5 Å². The minimum atomic E-state index is -2.52. The maximum absolute atomic E-state index is 12.3. The summed E-state index contributed by atoms with van der Waals surface area (Å²) >= 11 is 0. The summed E-state index contributed by atoms with van der Waals surface area (Å²) < 4.78 is 29.7. The topological polar surface area (TPSA) is 50.4 Å². The van der Waals surface area contributed by atoms with Gasteiger partial charge in [0.15, 0.2) is 0 Å². The number of carbonyl (C=O) groups is 1. The third-order valence-electron chi connectivity index (χ3n) is 4.48. The van der Waals surface area contributed by atoms with Crippen LogP contribution in [0, 0.1) is 18.8 Å². The number of halogens is 3. The molecule has 1 fully saturated rings. The predicted molar refractivity (Wildman–Crippen MR) is 97.9 cm³/mol. The van der Waals surface area contributed by atoms with E-state index in [9.17, 15) is 13.6 Å². The van der Waals surface area contributed by atoms with E-state index in [-0.39, 0.29) is 18.3 Å². The van der Waals surface area contributed by atoms with Gasteiger partial charge >= 0.3 is 0 Å². The van der Waals surface area contributed by atoms with Gasteiger partial charge < -0.3 is 15.4 Å². The number of piperidine rings is 1. The molecular weight excluding hydrogens is 350 g/mol. The minimum absolute atomic E-state index is 0. The molecule has 0 radical (unpaired) electrons. The monoisotopic (exact) mass is 376 g/mol. The summed E-state index contributed by atoms with van der Waals surface area (Å²) in [6.07, 6.45) is 0.234. The minimum Gasteiger partial charge on any atom is -0.487 e. The molecule has 1 aromatic carbocycles. The van der Waals surface area contributed by atoms with Crippen LogP contribution in [-0.2, 0) is 4.79 Å². The van der Waals surface area contributed by atoms with Crippen molar-refractivity contribution in [1.29, 1.82) is 0 Å². The zero-order valence-electron chi connectivity index (χ0n) is 14.7. The number of hydrogen-bond acceptors (Lipinski definition) is 3. The van der Waals surface area contributed by atoms with Crippen LogP contribution in [0.1, 0.15) is 31.7 Å². The molecule has 2 N–H and O–H groups in total. The molecule has 0 aromatic heterocycles. The molecule has 1 heterocycles. The van der Waals surface area contributed by atoms with Crippen LogP contribution >= 0.6 is 12.4 Å². The highest BCUT2D eigenvalue weighted by atomic mass is 35.5. The second-order valence-corrected chi connectivity index (χ2v) is 6.52. The molecule has 7 heteroatoms. The SMILES string of the molecule is Cc1ccc(NC(=O)CC(C)C2CCCNC2)cc1OCC(F)F.Cl. The van der Waals surface area contributed by atoms with Crippen LogP contribution in [0.5, 0.6) is 5.75 Å². The van der Waals surface area contributed by atoms with Crippen LogP contribution in [-0.4, -0.2) is 32.0 Å². The van der Waals surface area contributed by atoms with Gasteiger partial charge in [-0.15, -0.1) is 12.4 Å². The maximum atomic E-state index is 12.3. The molecular formula is C18H27ClF2N2O2. The highest BCUT2D eigenvalue weighted by Gasteiger charge is 2.22. The number of carbonyl (C=O) groups excluding carboxylic acids is 1. The number of hydrogen-bond donors (Lipinski definition) is 2. The summed E-state index contributed by atoms with van der Waals surface area (Å²) in [5, 5.41) is 6.21. The van der Waals surface area contributed by atoms with Crippen molar-refractivity contribution in [1.82, 2.24) is 5.32 Å². The lowest BCUT2D eigenvalue weighted by Crippen LogP contribution is -2.34. The molecule has 1 aliphatic rings. The fraction of sp³-hybridized carbons (Fsp3) is 0.611. The van der Waals surface area contributed by atoms with Gasteiger partial charge in [-0.1, -0.05) is 13.0 Å². The van der Waals surface area contributed by atoms with Gasteiger partial charge in [0.05, 0.1) is 0 Å². The number of benzene rings is 1. The molecule has 2 atom stereocenters. The fourth-order valence-electron chi connectivity index (χ4n) is 3.02. The number of anilines is 1. The van der Waals surface area contributed by atoms with E-state index >= 15 is 0 Å². The Morgan fingerprint density at radius 1 is 1.44 bits per heavy atom. The Balaban J connectivity index is 0.00000312. The number of alkyl halides is 2. The Hall–Kier alpha value is -1.40. The first kappa shape index (κ1) is 21.6. The molecule has 0 saturated carbocycles. The van der Waals surface area contributed by atoms with Gasteiger partial charge in [0.2, 0.25) is 5.91 Å². The second-order valence-electron chi connectivity index (χ2n) is 6.52. The summed E-state index contributed by atoms with van der Waals surface area (Å²) in [6.45, 7) is 5.25. The van der Waals surface area contributed by atoms with E-state index in [1.165, 1.54) is 0 Å². The van der Waals surface area contributed by atoms with Crippen LogP contribution in [0.15, 0.2) is 18.2 Å². The van der Waals surface area contributed by atoms with E-state index < -0.39 is 13.0 Å². The summed E-state index contributed by atoms with van der Waals surface area (Å²) in [5.41, 5.74) is 1.33. The summed E-state index contributed by atoms with van der Waals surface area (Å²) in [5.74, 6) is 1.14. The maximum Gasteiger partial charge on any atom is 0.272 e. The first-order chi connectivity index (χ1) is 11.5. The second kappa shape index (κ2) is 10.6. The van der Waals surface area contributed by atoms with E-state index in [1.807, 2.05) is 0 Å². The van der Waals surface area contributed by atoms with Crippen molar-refractivity contribution in [3.8, 4) is 5.75 Å². The van der Waals surface area contributed by atoms with Crippen LogP contribution in [0.4, 0.5) is 14.5 Å². The smallest absolute Gasteiger partial charge is 0.272 e. The van der Waals surface area contributed by atoms with Crippen molar-refractivity contribution >= 4 is 24.0 Å². The van der Waals surface area contributed by atoms with Crippen LogP contribution < -0.4 is 15.4 Å². The molecule has 1 aromatic rings. The number of ether oxygens (including phenoxy) is 1. The number of nitrogens with one attached hydrogen (secondary N) is 2. The van der Waals surface area contributed by atoms with E-state index in [0.717, 1.165) is 31.5 Å². The zero-order chi connectivity index (χ0) is 17.5. The third-order valence-corrected chi connectivity index (χ3v) is 4.48. The van der Waals surface area contributed by atoms with Gasteiger partial charge in [-0.3, -0.25) is 4.79 Å². The van der Waals surface area contributed by atoms with Crippen molar-refractivity contribution in [2.24, 2.45) is 11.8 Å². The van der Waals surface area contributed by atoms with Gasteiger partial charge in [0.1, 0.15) is 12.4 Å². The normalized spacial score (nSPS) is 18.4. The fourth-order valence-corrected chi connectivity index (χ4v) is 3.02. The predicted octanol–water partition coefficient (Wildman–Crippen LogP) is 4.03. The number of rotatable bonds is 7. The number of amides is 1. The first-order valence-corrected chi connectivity index (χ1v) is 8.48. The Kier molecular flexibility index (Phi) is 9.14. The lowest BCUT2D eigenvalue weighted by atomic mass is 9.85. The molecule has 1 saturated heterocycles. The van der Waals surface area contributed by atoms with Gasteiger partial charge in [-0.25, -0.2) is 8.78 Å². The third kappa shape index (κ3) is 7.16. The largest absolute Gasteiger partial charge is 0.487 e. The Labute approximate surface area is 154 Å². The standard InChI is InChI=1S/C18H26F2N2O2.ClH/c1-12-5-6-15(9-16(12)24-11-17(19)20)22-18(23)8-13(2)14-4-3-7-21-10-14;/h5-6,9,13-14,17,21H,3-4,7-8,10-11H2,1-2H3,(H,22,23);1H. The number of aryl methyl sites for hydroxylation is 1. The Morgan fingerprint density at radius 3 is 2.84 bits per heavy atom. The quantitative estimate of drug-likeness (QED) is 0.755. The van der Waals surface area contributed by atoms with E-state index in [0.29, 0.717) is 29.7 Å². The van der Waals surface area contributed by atoms with E-state index in [1.54, 1.807) is 25.1 Å². The molecule has 2 unspecified atom stereocenters. The molecule has 1 amide bonds. The lowest BCUT2D eigenvalue weighted by Gasteiger charge is -2.28. The molecule has 25 heavy (non-hydrogen) atoms. The molecule has 0 spiro atoms. The van der Waals surface area contributed by atoms with E-state index in [2.05, 4.69) is 17.6 Å². The highest BCUT2D eigenvalue weighted by molar-refractivity contribution is 5.91. The van der Waals surface area contributed by atoms with Crippen LogP contribution in [0.25, 0.3) is 0 Å². The van der Waals surface area contributed by atoms with Crippen LogP contribution in [0.3, 0.4) is 0 Å². The van der Waals surface area contributed by atoms with Crippen LogP contribution in [0.2, 0.25) is 0 Å². The van der Waals surface area contributed by atoms with Crippen molar-refractivity contribution in [2.75, 3.05) is 25.0 Å². The average Bonchev–Trinajstić information content (AvgIpc) is 2.56. The average molecular weight is 377 g/mol. The molecule has 2 rings (SSSR count). The van der Waals surface area contributed by atoms with Crippen molar-refractivity contribution < 1.29 is 18.3 Å².